The summed E-state index contributed by atoms with van der Waals surface area (Å²) in [7, 11) is 0. The Bertz CT molecular complexity index is 503. The molecule has 1 aliphatic carbocycles. The fourth-order valence-electron chi connectivity index (χ4n) is 3.89. The molecule has 0 amide bonds. The zero-order valence-electron chi connectivity index (χ0n) is 12.5. The average molecular weight is 303 g/mol. The molecular weight excluding hydrogens is 280 g/mol. The molecule has 1 heterocycles. The third-order valence-corrected chi connectivity index (χ3v) is 5.52. The second-order valence-corrected chi connectivity index (χ2v) is 7.04. The summed E-state index contributed by atoms with van der Waals surface area (Å²) in [4.78, 5) is 6.60. The summed E-state index contributed by atoms with van der Waals surface area (Å²) < 4.78 is 0. The standard InChI is InChI=1S/C18H23ClN2/c1-20-18(16-6-8-17(19)9-7-16)10-12-21(13-11-18)14-15-4-2-3-5-15/h6-9,15H,2-5,10-14H2. The van der Waals surface area contributed by atoms with E-state index in [1.807, 2.05) is 24.3 Å². The van der Waals surface area contributed by atoms with Crippen molar-refractivity contribution in [3.8, 4) is 0 Å². The normalized spacial score (nSPS) is 23.0. The fraction of sp³-hybridized carbons (Fsp3) is 0.611. The molecule has 1 aromatic rings. The lowest BCUT2D eigenvalue weighted by atomic mass is 9.81. The average Bonchev–Trinajstić information content (AvgIpc) is 3.02. The Morgan fingerprint density at radius 3 is 2.33 bits per heavy atom. The molecule has 0 atom stereocenters. The second-order valence-electron chi connectivity index (χ2n) is 6.60. The molecule has 0 aromatic heterocycles. The summed E-state index contributed by atoms with van der Waals surface area (Å²) in [5, 5.41) is 0.748. The maximum atomic E-state index is 7.70. The molecular formula is C18H23ClN2. The van der Waals surface area contributed by atoms with Crippen LogP contribution in [-0.4, -0.2) is 24.5 Å². The first kappa shape index (κ1) is 14.9. The van der Waals surface area contributed by atoms with Gasteiger partial charge in [0, 0.05) is 43.1 Å². The monoisotopic (exact) mass is 302 g/mol. The Balaban J connectivity index is 1.64. The SMILES string of the molecule is [C-]#[N+]C1(c2ccc(Cl)cc2)CCN(CC2CCCC2)CC1. The molecule has 0 bridgehead atoms. The molecule has 3 rings (SSSR count). The molecule has 3 heteroatoms. The summed E-state index contributed by atoms with van der Waals surface area (Å²) in [6.45, 7) is 11.1. The molecule has 2 nitrogen and oxygen atoms in total. The summed E-state index contributed by atoms with van der Waals surface area (Å²) in [5.41, 5.74) is 0.818. The minimum atomic E-state index is -0.323. The van der Waals surface area contributed by atoms with Crippen LogP contribution < -0.4 is 0 Å². The van der Waals surface area contributed by atoms with Crippen molar-refractivity contribution >= 4 is 11.6 Å². The maximum Gasteiger partial charge on any atom is 0.260 e. The Labute approximate surface area is 132 Å². The van der Waals surface area contributed by atoms with Gasteiger partial charge in [-0.15, -0.1) is 0 Å². The van der Waals surface area contributed by atoms with Crippen LogP contribution in [0.25, 0.3) is 4.85 Å². The summed E-state index contributed by atoms with van der Waals surface area (Å²) in [6.07, 6.45) is 7.53. The lowest BCUT2D eigenvalue weighted by molar-refractivity contribution is 0.159. The van der Waals surface area contributed by atoms with Crippen molar-refractivity contribution in [2.24, 2.45) is 5.92 Å². The number of halogens is 1. The topological polar surface area (TPSA) is 7.60 Å². The van der Waals surface area contributed by atoms with Crippen molar-refractivity contribution < 1.29 is 0 Å². The number of rotatable bonds is 3. The molecule has 0 N–H and O–H groups in total. The molecule has 1 saturated heterocycles. The number of likely N-dealkylation sites (tertiary alicyclic amines) is 1. The molecule has 1 aromatic carbocycles. The third-order valence-electron chi connectivity index (χ3n) is 5.27. The number of hydrogen-bond donors (Lipinski definition) is 0. The van der Waals surface area contributed by atoms with Gasteiger partial charge in [-0.3, -0.25) is 0 Å². The van der Waals surface area contributed by atoms with Gasteiger partial charge in [0.25, 0.3) is 5.54 Å². The third kappa shape index (κ3) is 3.25. The fourth-order valence-corrected chi connectivity index (χ4v) is 4.01. The van der Waals surface area contributed by atoms with Crippen molar-refractivity contribution in [2.75, 3.05) is 19.6 Å². The van der Waals surface area contributed by atoms with E-state index in [4.69, 9.17) is 18.2 Å². The van der Waals surface area contributed by atoms with Crippen LogP contribution in [0.3, 0.4) is 0 Å². The first-order valence-corrected chi connectivity index (χ1v) is 8.47. The van der Waals surface area contributed by atoms with E-state index in [-0.39, 0.29) is 5.54 Å². The molecule has 0 unspecified atom stereocenters. The van der Waals surface area contributed by atoms with Gasteiger partial charge in [-0.1, -0.05) is 24.4 Å². The molecule has 0 spiro atoms. The number of benzene rings is 1. The van der Waals surface area contributed by atoms with E-state index in [1.54, 1.807) is 0 Å². The van der Waals surface area contributed by atoms with Crippen LogP contribution in [0.5, 0.6) is 0 Å². The molecule has 1 saturated carbocycles. The van der Waals surface area contributed by atoms with Crippen LogP contribution in [0, 0.1) is 12.5 Å². The summed E-state index contributed by atoms with van der Waals surface area (Å²) in [5.74, 6) is 0.904. The smallest absolute Gasteiger partial charge is 0.260 e. The summed E-state index contributed by atoms with van der Waals surface area (Å²) >= 11 is 5.97. The highest BCUT2D eigenvalue weighted by Crippen LogP contribution is 2.38. The Morgan fingerprint density at radius 2 is 1.76 bits per heavy atom. The zero-order valence-corrected chi connectivity index (χ0v) is 13.3. The zero-order chi connectivity index (χ0) is 14.7. The van der Waals surface area contributed by atoms with Gasteiger partial charge in [-0.05, 0) is 43.0 Å². The first-order valence-electron chi connectivity index (χ1n) is 8.09. The maximum absolute atomic E-state index is 7.70. The van der Waals surface area contributed by atoms with E-state index < -0.39 is 0 Å². The highest BCUT2D eigenvalue weighted by molar-refractivity contribution is 6.30. The van der Waals surface area contributed by atoms with E-state index in [9.17, 15) is 0 Å². The number of hydrogen-bond acceptors (Lipinski definition) is 1. The largest absolute Gasteiger partial charge is 0.305 e. The van der Waals surface area contributed by atoms with Crippen LogP contribution >= 0.6 is 11.6 Å². The Kier molecular flexibility index (Phi) is 4.52. The van der Waals surface area contributed by atoms with Crippen LogP contribution in [0.1, 0.15) is 44.1 Å². The highest BCUT2D eigenvalue weighted by atomic mass is 35.5. The van der Waals surface area contributed by atoms with E-state index in [0.717, 1.165) is 42.4 Å². The van der Waals surface area contributed by atoms with Crippen molar-refractivity contribution in [1.82, 2.24) is 4.90 Å². The van der Waals surface area contributed by atoms with Crippen LogP contribution in [0.2, 0.25) is 5.02 Å². The minimum absolute atomic E-state index is 0.323. The molecule has 2 fully saturated rings. The van der Waals surface area contributed by atoms with Gasteiger partial charge in [-0.25, -0.2) is 6.57 Å². The Hall–Kier alpha value is -1.04. The van der Waals surface area contributed by atoms with E-state index >= 15 is 0 Å². The lowest BCUT2D eigenvalue weighted by Crippen LogP contribution is -2.42. The Morgan fingerprint density at radius 1 is 1.14 bits per heavy atom. The molecule has 0 radical (unpaired) electrons. The van der Waals surface area contributed by atoms with Gasteiger partial charge in [0.15, 0.2) is 0 Å². The first-order chi connectivity index (χ1) is 10.2. The molecule has 21 heavy (non-hydrogen) atoms. The van der Waals surface area contributed by atoms with Crippen LogP contribution in [0.15, 0.2) is 24.3 Å². The van der Waals surface area contributed by atoms with Crippen LogP contribution in [-0.2, 0) is 5.54 Å². The predicted octanol–water partition coefficient (Wildman–Crippen LogP) is 4.74. The predicted molar refractivity (Wildman–Crippen MR) is 87.4 cm³/mol. The van der Waals surface area contributed by atoms with Gasteiger partial charge in [0.1, 0.15) is 0 Å². The van der Waals surface area contributed by atoms with E-state index in [1.165, 1.54) is 32.2 Å². The van der Waals surface area contributed by atoms with Gasteiger partial charge in [0.2, 0.25) is 0 Å². The second kappa shape index (κ2) is 6.38. The van der Waals surface area contributed by atoms with Gasteiger partial charge in [0.05, 0.1) is 0 Å². The minimum Gasteiger partial charge on any atom is -0.305 e. The van der Waals surface area contributed by atoms with Crippen molar-refractivity contribution in [1.29, 1.82) is 0 Å². The highest BCUT2D eigenvalue weighted by Gasteiger charge is 2.42. The van der Waals surface area contributed by atoms with Gasteiger partial charge >= 0.3 is 0 Å². The number of nitrogens with zero attached hydrogens (tertiary/aromatic N) is 2. The van der Waals surface area contributed by atoms with E-state index in [2.05, 4.69) is 9.74 Å². The van der Waals surface area contributed by atoms with Crippen molar-refractivity contribution in [3.63, 3.8) is 0 Å². The summed E-state index contributed by atoms with van der Waals surface area (Å²) in [6, 6.07) is 7.89. The molecule has 112 valence electrons. The molecule has 1 aliphatic heterocycles. The lowest BCUT2D eigenvalue weighted by Gasteiger charge is -2.35. The van der Waals surface area contributed by atoms with Gasteiger partial charge < -0.3 is 9.74 Å². The molecule has 2 aliphatic rings. The van der Waals surface area contributed by atoms with Crippen molar-refractivity contribution in [2.45, 2.75) is 44.1 Å². The van der Waals surface area contributed by atoms with Gasteiger partial charge in [-0.2, -0.15) is 0 Å². The van der Waals surface area contributed by atoms with Crippen molar-refractivity contribution in [3.05, 3.63) is 46.3 Å². The number of piperidine rings is 1. The van der Waals surface area contributed by atoms with Crippen LogP contribution in [0.4, 0.5) is 0 Å². The quantitative estimate of drug-likeness (QED) is 0.732. The van der Waals surface area contributed by atoms with E-state index in [0.29, 0.717) is 0 Å².